The minimum Gasteiger partial charge on any atom is -0.352 e. The molecule has 1 saturated carbocycles. The molecule has 0 atom stereocenters. The van der Waals surface area contributed by atoms with E-state index in [4.69, 9.17) is 0 Å². The minimum atomic E-state index is -0.862. The number of rotatable bonds is 4. The fourth-order valence-corrected chi connectivity index (χ4v) is 2.58. The van der Waals surface area contributed by atoms with Gasteiger partial charge in [0, 0.05) is 13.0 Å². The normalized spacial score (nSPS) is 15.0. The van der Waals surface area contributed by atoms with Crippen LogP contribution in [0, 0.1) is 11.6 Å². The molecule has 0 saturated heterocycles. The number of hydrogen-bond donors (Lipinski definition) is 1. The first kappa shape index (κ1) is 15.4. The van der Waals surface area contributed by atoms with E-state index in [9.17, 15) is 18.4 Å². The molecule has 4 nitrogen and oxygen atoms in total. The van der Waals surface area contributed by atoms with Gasteiger partial charge in [-0.25, -0.2) is 8.78 Å². The molecular weight excluding hydrogens is 278 g/mol. The first-order chi connectivity index (χ1) is 9.99. The molecule has 6 heteroatoms. The molecule has 1 aromatic carbocycles. The fraction of sp³-hybridized carbons (Fsp3) is 0.467. The van der Waals surface area contributed by atoms with Gasteiger partial charge in [-0.2, -0.15) is 0 Å². The molecule has 0 radical (unpaired) electrons. The number of halogens is 2. The Balaban J connectivity index is 2.12. The van der Waals surface area contributed by atoms with E-state index in [0.717, 1.165) is 42.7 Å². The van der Waals surface area contributed by atoms with Crippen LogP contribution in [-0.4, -0.2) is 24.4 Å². The van der Waals surface area contributed by atoms with E-state index in [2.05, 4.69) is 5.32 Å². The summed E-state index contributed by atoms with van der Waals surface area (Å²) >= 11 is 0. The lowest BCUT2D eigenvalue weighted by Crippen LogP contribution is -2.43. The maximum atomic E-state index is 13.8. The standard InChI is InChI=1S/C15H18F2N2O2/c1-10(20)19(15-12(16)7-4-8-13(15)17)9-14(21)18-11-5-2-3-6-11/h4,7-8,11H,2-3,5-6,9H2,1H3,(H,18,21). The van der Waals surface area contributed by atoms with Crippen molar-refractivity contribution in [2.75, 3.05) is 11.4 Å². The Labute approximate surface area is 122 Å². The number of para-hydroxylation sites is 1. The van der Waals surface area contributed by atoms with Gasteiger partial charge in [-0.15, -0.1) is 0 Å². The molecule has 0 bridgehead atoms. The predicted octanol–water partition coefficient (Wildman–Crippen LogP) is 2.38. The summed E-state index contributed by atoms with van der Waals surface area (Å²) in [5.74, 6) is -2.71. The van der Waals surface area contributed by atoms with Crippen molar-refractivity contribution >= 4 is 17.5 Å². The highest BCUT2D eigenvalue weighted by Gasteiger charge is 2.24. The van der Waals surface area contributed by atoms with Crippen LogP contribution in [0.1, 0.15) is 32.6 Å². The van der Waals surface area contributed by atoms with Crippen LogP contribution in [0.15, 0.2) is 18.2 Å². The number of benzene rings is 1. The lowest BCUT2D eigenvalue weighted by molar-refractivity contribution is -0.123. The van der Waals surface area contributed by atoms with Gasteiger partial charge >= 0.3 is 0 Å². The first-order valence-corrected chi connectivity index (χ1v) is 7.00. The smallest absolute Gasteiger partial charge is 0.240 e. The monoisotopic (exact) mass is 296 g/mol. The molecule has 114 valence electrons. The van der Waals surface area contributed by atoms with Gasteiger partial charge < -0.3 is 5.32 Å². The van der Waals surface area contributed by atoms with Crippen LogP contribution in [0.3, 0.4) is 0 Å². The van der Waals surface area contributed by atoms with Gasteiger partial charge in [0.15, 0.2) is 0 Å². The number of nitrogens with zero attached hydrogens (tertiary/aromatic N) is 1. The highest BCUT2D eigenvalue weighted by molar-refractivity contribution is 5.97. The van der Waals surface area contributed by atoms with E-state index in [0.29, 0.717) is 0 Å². The summed E-state index contributed by atoms with van der Waals surface area (Å²) in [6, 6.07) is 3.43. The zero-order valence-electron chi connectivity index (χ0n) is 11.9. The molecule has 21 heavy (non-hydrogen) atoms. The van der Waals surface area contributed by atoms with Gasteiger partial charge in [0.1, 0.15) is 23.9 Å². The highest BCUT2D eigenvalue weighted by atomic mass is 19.1. The number of carbonyl (C=O) groups is 2. The number of hydrogen-bond acceptors (Lipinski definition) is 2. The second-order valence-corrected chi connectivity index (χ2v) is 5.22. The molecule has 0 spiro atoms. The highest BCUT2D eigenvalue weighted by Crippen LogP contribution is 2.23. The van der Waals surface area contributed by atoms with Crippen LogP contribution in [0.25, 0.3) is 0 Å². The van der Waals surface area contributed by atoms with E-state index in [1.165, 1.54) is 13.0 Å². The molecule has 2 amide bonds. The van der Waals surface area contributed by atoms with Crippen molar-refractivity contribution in [2.24, 2.45) is 0 Å². The van der Waals surface area contributed by atoms with Crippen molar-refractivity contribution in [3.63, 3.8) is 0 Å². The Kier molecular flexibility index (Phi) is 4.88. The lowest BCUT2D eigenvalue weighted by Gasteiger charge is -2.22. The molecule has 1 aliphatic rings. The van der Waals surface area contributed by atoms with Crippen molar-refractivity contribution in [3.05, 3.63) is 29.8 Å². The van der Waals surface area contributed by atoms with Crippen LogP contribution in [0.2, 0.25) is 0 Å². The van der Waals surface area contributed by atoms with Gasteiger partial charge in [0.25, 0.3) is 0 Å². The summed E-state index contributed by atoms with van der Waals surface area (Å²) < 4.78 is 27.5. The molecule has 2 rings (SSSR count). The van der Waals surface area contributed by atoms with E-state index in [1.54, 1.807) is 0 Å². The third-order valence-electron chi connectivity index (χ3n) is 3.61. The van der Waals surface area contributed by atoms with Crippen LogP contribution in [0.4, 0.5) is 14.5 Å². The van der Waals surface area contributed by atoms with Crippen molar-refractivity contribution < 1.29 is 18.4 Å². The van der Waals surface area contributed by atoms with E-state index >= 15 is 0 Å². The fourth-order valence-electron chi connectivity index (χ4n) is 2.58. The molecule has 0 aromatic heterocycles. The quantitative estimate of drug-likeness (QED) is 0.927. The second-order valence-electron chi connectivity index (χ2n) is 5.22. The molecule has 0 heterocycles. The van der Waals surface area contributed by atoms with Crippen molar-refractivity contribution in [1.82, 2.24) is 5.32 Å². The summed E-state index contributed by atoms with van der Waals surface area (Å²) in [6.07, 6.45) is 3.92. The molecule has 0 unspecified atom stereocenters. The van der Waals surface area contributed by atoms with Gasteiger partial charge in [-0.3, -0.25) is 14.5 Å². The number of anilines is 1. The van der Waals surface area contributed by atoms with E-state index in [-0.39, 0.29) is 12.6 Å². The second kappa shape index (κ2) is 6.65. The molecule has 1 aliphatic carbocycles. The van der Waals surface area contributed by atoms with Crippen molar-refractivity contribution in [2.45, 2.75) is 38.6 Å². The molecule has 1 aromatic rings. The van der Waals surface area contributed by atoms with Crippen molar-refractivity contribution in [3.8, 4) is 0 Å². The number of amides is 2. The summed E-state index contributed by atoms with van der Waals surface area (Å²) in [5, 5.41) is 2.80. The summed E-state index contributed by atoms with van der Waals surface area (Å²) in [4.78, 5) is 24.4. The van der Waals surface area contributed by atoms with E-state index in [1.807, 2.05) is 0 Å². The van der Waals surface area contributed by atoms with Crippen molar-refractivity contribution in [1.29, 1.82) is 0 Å². The third-order valence-corrected chi connectivity index (χ3v) is 3.61. The molecule has 0 aliphatic heterocycles. The topological polar surface area (TPSA) is 49.4 Å². The first-order valence-electron chi connectivity index (χ1n) is 7.00. The zero-order valence-corrected chi connectivity index (χ0v) is 11.9. The van der Waals surface area contributed by atoms with Crippen LogP contribution in [-0.2, 0) is 9.59 Å². The van der Waals surface area contributed by atoms with Gasteiger partial charge in [0.05, 0.1) is 0 Å². The largest absolute Gasteiger partial charge is 0.352 e. The maximum absolute atomic E-state index is 13.8. The average molecular weight is 296 g/mol. The van der Waals surface area contributed by atoms with Gasteiger partial charge in [0.2, 0.25) is 11.8 Å². The Hall–Kier alpha value is -1.98. The third kappa shape index (κ3) is 3.77. The summed E-state index contributed by atoms with van der Waals surface area (Å²) in [7, 11) is 0. The zero-order chi connectivity index (χ0) is 15.4. The van der Waals surface area contributed by atoms with Crippen LogP contribution < -0.4 is 10.2 Å². The maximum Gasteiger partial charge on any atom is 0.240 e. The Bertz CT molecular complexity index is 522. The minimum absolute atomic E-state index is 0.0942. The Morgan fingerprint density at radius 3 is 2.33 bits per heavy atom. The van der Waals surface area contributed by atoms with E-state index < -0.39 is 29.1 Å². The molecular formula is C15H18F2N2O2. The number of carbonyl (C=O) groups excluding carboxylic acids is 2. The van der Waals surface area contributed by atoms with Crippen LogP contribution >= 0.6 is 0 Å². The Morgan fingerprint density at radius 1 is 1.24 bits per heavy atom. The Morgan fingerprint density at radius 2 is 1.81 bits per heavy atom. The molecule has 1 fully saturated rings. The SMILES string of the molecule is CC(=O)N(CC(=O)NC1CCCC1)c1c(F)cccc1F. The van der Waals surface area contributed by atoms with Crippen LogP contribution in [0.5, 0.6) is 0 Å². The summed E-state index contributed by atoms with van der Waals surface area (Å²) in [5.41, 5.74) is -0.480. The number of nitrogens with one attached hydrogen (secondary N) is 1. The predicted molar refractivity (Wildman–Crippen MR) is 74.8 cm³/mol. The van der Waals surface area contributed by atoms with Gasteiger partial charge in [-0.05, 0) is 25.0 Å². The molecule has 1 N–H and O–H groups in total. The summed E-state index contributed by atoms with van der Waals surface area (Å²) in [6.45, 7) is 0.790. The average Bonchev–Trinajstić information content (AvgIpc) is 2.89. The van der Waals surface area contributed by atoms with Gasteiger partial charge in [-0.1, -0.05) is 18.9 Å². The lowest BCUT2D eigenvalue weighted by atomic mass is 10.2.